The molecule has 1 aliphatic heterocycles. The van der Waals surface area contributed by atoms with E-state index in [1.54, 1.807) is 13.2 Å². The maximum Gasteiger partial charge on any atom is 0.224 e. The van der Waals surface area contributed by atoms with Crippen LogP contribution in [-0.4, -0.2) is 43.2 Å². The van der Waals surface area contributed by atoms with E-state index < -0.39 is 0 Å². The van der Waals surface area contributed by atoms with Crippen molar-refractivity contribution in [2.24, 2.45) is 0 Å². The molecule has 0 bridgehead atoms. The van der Waals surface area contributed by atoms with Crippen LogP contribution in [0.4, 0.5) is 23.1 Å². The van der Waals surface area contributed by atoms with E-state index in [1.807, 2.05) is 6.07 Å². The zero-order chi connectivity index (χ0) is 18.6. The zero-order valence-electron chi connectivity index (χ0n) is 15.5. The molecule has 0 amide bonds. The molecular weight excluding hydrogens is 336 g/mol. The minimum absolute atomic E-state index is 0.522. The van der Waals surface area contributed by atoms with Gasteiger partial charge < -0.3 is 20.9 Å². The number of nitrogens with one attached hydrogen (secondary N) is 1. The maximum absolute atomic E-state index is 6.11. The number of anilines is 4. The van der Waals surface area contributed by atoms with Crippen molar-refractivity contribution in [3.05, 3.63) is 60.8 Å². The predicted octanol–water partition coefficient (Wildman–Crippen LogP) is 3.09. The quantitative estimate of drug-likeness (QED) is 0.745. The van der Waals surface area contributed by atoms with Crippen LogP contribution in [-0.2, 0) is 0 Å². The Balaban J connectivity index is 1.47. The van der Waals surface area contributed by atoms with Gasteiger partial charge in [-0.2, -0.15) is 4.98 Å². The Kier molecular flexibility index (Phi) is 4.78. The summed E-state index contributed by atoms with van der Waals surface area (Å²) in [5, 5.41) is 2.92. The molecule has 4 rings (SSSR count). The number of piperazine rings is 1. The van der Waals surface area contributed by atoms with Crippen LogP contribution >= 0.6 is 0 Å². The molecule has 6 nitrogen and oxygen atoms in total. The number of aromatic nitrogens is 2. The summed E-state index contributed by atoms with van der Waals surface area (Å²) in [5.74, 6) is 1.07. The number of nitrogens with two attached hydrogens (primary N) is 1. The summed E-state index contributed by atoms with van der Waals surface area (Å²) in [5.41, 5.74) is 10.8. The summed E-state index contributed by atoms with van der Waals surface area (Å²) in [7, 11) is 1.79. The molecule has 0 spiro atoms. The average Bonchev–Trinajstić information content (AvgIpc) is 2.74. The monoisotopic (exact) mass is 360 g/mol. The molecule has 0 saturated carbocycles. The van der Waals surface area contributed by atoms with Gasteiger partial charge in [-0.25, -0.2) is 4.98 Å². The highest BCUT2D eigenvalue weighted by atomic mass is 15.3. The van der Waals surface area contributed by atoms with Crippen molar-refractivity contribution in [1.29, 1.82) is 0 Å². The first-order valence-corrected chi connectivity index (χ1v) is 9.20. The molecular formula is C21H24N6. The van der Waals surface area contributed by atoms with Gasteiger partial charge >= 0.3 is 0 Å². The first kappa shape index (κ1) is 17.1. The number of rotatable bonds is 4. The third-order valence-electron chi connectivity index (χ3n) is 4.96. The van der Waals surface area contributed by atoms with Crippen LogP contribution in [0.2, 0.25) is 0 Å². The second kappa shape index (κ2) is 7.53. The van der Waals surface area contributed by atoms with Gasteiger partial charge in [-0.05, 0) is 23.3 Å². The van der Waals surface area contributed by atoms with Crippen molar-refractivity contribution in [1.82, 2.24) is 9.97 Å². The molecule has 0 radical (unpaired) electrons. The fourth-order valence-corrected chi connectivity index (χ4v) is 3.47. The van der Waals surface area contributed by atoms with Gasteiger partial charge in [0.05, 0.1) is 11.9 Å². The van der Waals surface area contributed by atoms with E-state index in [0.29, 0.717) is 11.8 Å². The average molecular weight is 360 g/mol. The Morgan fingerprint density at radius 1 is 0.889 bits per heavy atom. The molecule has 1 fully saturated rings. The van der Waals surface area contributed by atoms with Gasteiger partial charge in [0.25, 0.3) is 0 Å². The minimum atomic E-state index is 0.522. The van der Waals surface area contributed by atoms with E-state index in [0.717, 1.165) is 31.9 Å². The van der Waals surface area contributed by atoms with Crippen LogP contribution in [0.25, 0.3) is 11.1 Å². The van der Waals surface area contributed by atoms with Crippen LogP contribution in [0.15, 0.2) is 60.8 Å². The number of benzene rings is 2. The molecule has 138 valence electrons. The summed E-state index contributed by atoms with van der Waals surface area (Å²) >= 11 is 0. The summed E-state index contributed by atoms with van der Waals surface area (Å²) in [6.45, 7) is 3.65. The van der Waals surface area contributed by atoms with Crippen molar-refractivity contribution in [3.8, 4) is 11.1 Å². The smallest absolute Gasteiger partial charge is 0.224 e. The van der Waals surface area contributed by atoms with Gasteiger partial charge in [0, 0.05) is 38.9 Å². The SMILES string of the molecule is CNc1ncc(N2CCN(c3cccc(-c4ccccc4)c3)CC2)c(N)n1. The molecule has 6 heteroatoms. The van der Waals surface area contributed by atoms with Crippen LogP contribution in [0.3, 0.4) is 0 Å². The minimum Gasteiger partial charge on any atom is -0.382 e. The first-order valence-electron chi connectivity index (χ1n) is 9.20. The standard InChI is InChI=1S/C21H24N6/c1-23-21-24-15-19(20(22)25-21)27-12-10-26(11-13-27)18-9-5-8-17(14-18)16-6-3-2-4-7-16/h2-9,14-15H,10-13H2,1H3,(H3,22,23,24,25). The Bertz CT molecular complexity index is 904. The van der Waals surface area contributed by atoms with E-state index in [2.05, 4.69) is 73.6 Å². The van der Waals surface area contributed by atoms with Crippen molar-refractivity contribution < 1.29 is 0 Å². The molecule has 0 aliphatic carbocycles. The lowest BCUT2D eigenvalue weighted by Crippen LogP contribution is -2.46. The fraction of sp³-hybridized carbons (Fsp3) is 0.238. The van der Waals surface area contributed by atoms with Crippen molar-refractivity contribution >= 4 is 23.1 Å². The molecule has 1 aliphatic rings. The van der Waals surface area contributed by atoms with E-state index in [1.165, 1.54) is 16.8 Å². The highest BCUT2D eigenvalue weighted by Crippen LogP contribution is 2.27. The van der Waals surface area contributed by atoms with Gasteiger partial charge in [-0.3, -0.25) is 0 Å². The maximum atomic E-state index is 6.11. The lowest BCUT2D eigenvalue weighted by Gasteiger charge is -2.37. The van der Waals surface area contributed by atoms with Gasteiger partial charge in [0.15, 0.2) is 5.82 Å². The van der Waals surface area contributed by atoms with E-state index in [4.69, 9.17) is 5.73 Å². The van der Waals surface area contributed by atoms with E-state index in [9.17, 15) is 0 Å². The third kappa shape index (κ3) is 3.65. The second-order valence-electron chi connectivity index (χ2n) is 6.60. The Morgan fingerprint density at radius 3 is 2.30 bits per heavy atom. The summed E-state index contributed by atoms with van der Waals surface area (Å²) in [6.07, 6.45) is 1.81. The molecule has 2 heterocycles. The topological polar surface area (TPSA) is 70.3 Å². The molecule has 27 heavy (non-hydrogen) atoms. The molecule has 3 N–H and O–H groups in total. The highest BCUT2D eigenvalue weighted by molar-refractivity contribution is 5.69. The molecule has 3 aromatic rings. The molecule has 0 unspecified atom stereocenters. The number of nitrogens with zero attached hydrogens (tertiary/aromatic N) is 4. The van der Waals surface area contributed by atoms with E-state index in [-0.39, 0.29) is 0 Å². The van der Waals surface area contributed by atoms with E-state index >= 15 is 0 Å². The molecule has 1 saturated heterocycles. The Hall–Kier alpha value is -3.28. The van der Waals surface area contributed by atoms with Crippen LogP contribution in [0.1, 0.15) is 0 Å². The molecule has 0 atom stereocenters. The predicted molar refractivity (Wildman–Crippen MR) is 112 cm³/mol. The van der Waals surface area contributed by atoms with Crippen LogP contribution < -0.4 is 20.9 Å². The van der Waals surface area contributed by atoms with Gasteiger partial charge in [-0.15, -0.1) is 0 Å². The first-order chi connectivity index (χ1) is 13.2. The normalized spacial score (nSPS) is 14.3. The number of hydrogen-bond donors (Lipinski definition) is 2. The van der Waals surface area contributed by atoms with Crippen LogP contribution in [0.5, 0.6) is 0 Å². The summed E-state index contributed by atoms with van der Waals surface area (Å²) in [4.78, 5) is 13.3. The second-order valence-corrected chi connectivity index (χ2v) is 6.60. The van der Waals surface area contributed by atoms with Crippen molar-refractivity contribution in [2.45, 2.75) is 0 Å². The Morgan fingerprint density at radius 2 is 1.59 bits per heavy atom. The lowest BCUT2D eigenvalue weighted by atomic mass is 10.0. The summed E-state index contributed by atoms with van der Waals surface area (Å²) < 4.78 is 0. The highest BCUT2D eigenvalue weighted by Gasteiger charge is 2.20. The lowest BCUT2D eigenvalue weighted by molar-refractivity contribution is 0.652. The third-order valence-corrected chi connectivity index (χ3v) is 4.96. The van der Waals surface area contributed by atoms with Gasteiger partial charge in [0.1, 0.15) is 0 Å². The van der Waals surface area contributed by atoms with Gasteiger partial charge in [0.2, 0.25) is 5.95 Å². The zero-order valence-corrected chi connectivity index (χ0v) is 15.5. The van der Waals surface area contributed by atoms with Crippen molar-refractivity contribution in [2.75, 3.05) is 54.1 Å². The molecule has 2 aromatic carbocycles. The number of hydrogen-bond acceptors (Lipinski definition) is 6. The van der Waals surface area contributed by atoms with Crippen molar-refractivity contribution in [3.63, 3.8) is 0 Å². The number of nitrogen functional groups attached to an aromatic ring is 1. The molecule has 1 aromatic heterocycles. The summed E-state index contributed by atoms with van der Waals surface area (Å²) in [6, 6.07) is 19.2. The Labute approximate surface area is 159 Å². The van der Waals surface area contributed by atoms with Crippen LogP contribution in [0, 0.1) is 0 Å². The largest absolute Gasteiger partial charge is 0.382 e. The van der Waals surface area contributed by atoms with Gasteiger partial charge in [-0.1, -0.05) is 42.5 Å². The fourth-order valence-electron chi connectivity index (χ4n) is 3.47.